The zero-order valence-electron chi connectivity index (χ0n) is 20.1. The average Bonchev–Trinajstić information content (AvgIpc) is 3.24. The lowest BCUT2D eigenvalue weighted by molar-refractivity contribution is 0.104. The van der Waals surface area contributed by atoms with Gasteiger partial charge in [0.25, 0.3) is 0 Å². The maximum atomic E-state index is 13.6. The van der Waals surface area contributed by atoms with Crippen molar-refractivity contribution < 1.29 is 19.7 Å². The third-order valence-corrected chi connectivity index (χ3v) is 6.94. The topological polar surface area (TPSA) is 79.1 Å². The van der Waals surface area contributed by atoms with E-state index in [1.54, 1.807) is 72.9 Å². The zero-order valence-corrected chi connectivity index (χ0v) is 21.8. The molecule has 0 aliphatic carbocycles. The van der Waals surface area contributed by atoms with Crippen LogP contribution in [0.15, 0.2) is 71.7 Å². The lowest BCUT2D eigenvalue weighted by Crippen LogP contribution is -2.03. The number of phenolic OH excluding ortho intramolecular Hbond substituents is 2. The molecule has 2 N–H and O–H groups in total. The molecular weight excluding hydrogens is 494 g/mol. The van der Waals surface area contributed by atoms with Gasteiger partial charge < -0.3 is 14.9 Å². The molecule has 1 aromatic heterocycles. The minimum absolute atomic E-state index is 0. The number of hydrogen-bond donors (Lipinski definition) is 2. The lowest BCUT2D eigenvalue weighted by Gasteiger charge is -2.07. The number of halogens is 1. The summed E-state index contributed by atoms with van der Waals surface area (Å²) in [6.07, 6.45) is 6.57. The number of aliphatic imine (C=N–C) groups is 1. The SMILES string of the molecule is CCCCCCN=CCOc1ccc(C(=O)c2c(-c3ccc(O)cc3)sc3cc(O)ccc23)cc1.Cl. The minimum atomic E-state index is -0.106. The molecule has 0 aliphatic rings. The number of carbonyl (C=O) groups is 1. The van der Waals surface area contributed by atoms with Gasteiger partial charge in [-0.1, -0.05) is 26.2 Å². The molecule has 4 rings (SSSR count). The van der Waals surface area contributed by atoms with E-state index >= 15 is 0 Å². The van der Waals surface area contributed by atoms with Crippen LogP contribution in [0.3, 0.4) is 0 Å². The Morgan fingerprint density at radius 1 is 0.944 bits per heavy atom. The summed E-state index contributed by atoms with van der Waals surface area (Å²) < 4.78 is 6.56. The molecule has 3 aromatic carbocycles. The Kier molecular flexibility index (Phi) is 9.91. The first-order chi connectivity index (χ1) is 17.1. The number of rotatable bonds is 11. The van der Waals surface area contributed by atoms with E-state index in [0.29, 0.717) is 23.5 Å². The van der Waals surface area contributed by atoms with E-state index in [4.69, 9.17) is 4.74 Å². The van der Waals surface area contributed by atoms with Gasteiger partial charge in [0.1, 0.15) is 23.9 Å². The van der Waals surface area contributed by atoms with E-state index in [1.165, 1.54) is 30.6 Å². The van der Waals surface area contributed by atoms with Crippen molar-refractivity contribution in [2.75, 3.05) is 13.2 Å². The van der Waals surface area contributed by atoms with E-state index in [9.17, 15) is 15.0 Å². The summed E-state index contributed by atoms with van der Waals surface area (Å²) in [6.45, 7) is 3.41. The van der Waals surface area contributed by atoms with Crippen molar-refractivity contribution in [2.45, 2.75) is 32.6 Å². The van der Waals surface area contributed by atoms with Crippen molar-refractivity contribution in [3.8, 4) is 27.7 Å². The van der Waals surface area contributed by atoms with Crippen LogP contribution < -0.4 is 4.74 Å². The highest BCUT2D eigenvalue weighted by molar-refractivity contribution is 7.22. The molecule has 5 nitrogen and oxygen atoms in total. The van der Waals surface area contributed by atoms with Crippen LogP contribution in [0.1, 0.15) is 48.5 Å². The molecule has 0 spiro atoms. The van der Waals surface area contributed by atoms with Gasteiger partial charge in [0.2, 0.25) is 0 Å². The minimum Gasteiger partial charge on any atom is -0.508 e. The second-order valence-corrected chi connectivity index (χ2v) is 9.40. The quantitative estimate of drug-likeness (QED) is 0.120. The van der Waals surface area contributed by atoms with Crippen molar-refractivity contribution in [3.05, 3.63) is 77.9 Å². The number of hydrogen-bond acceptors (Lipinski definition) is 6. The molecule has 0 saturated carbocycles. The van der Waals surface area contributed by atoms with Gasteiger partial charge in [-0.15, -0.1) is 23.7 Å². The Bertz CT molecular complexity index is 1310. The van der Waals surface area contributed by atoms with Crippen molar-refractivity contribution >= 4 is 45.8 Å². The van der Waals surface area contributed by atoms with Crippen LogP contribution in [0.25, 0.3) is 20.5 Å². The van der Waals surface area contributed by atoms with E-state index in [2.05, 4.69) is 11.9 Å². The van der Waals surface area contributed by atoms with Crippen LogP contribution in [0.2, 0.25) is 0 Å². The van der Waals surface area contributed by atoms with Crippen LogP contribution in [0.5, 0.6) is 17.2 Å². The van der Waals surface area contributed by atoms with Crippen LogP contribution in [0, 0.1) is 0 Å². The molecule has 0 aliphatic heterocycles. The number of fused-ring (bicyclic) bond motifs is 1. The molecule has 188 valence electrons. The Balaban J connectivity index is 0.00000361. The van der Waals surface area contributed by atoms with E-state index in [-0.39, 0.29) is 29.7 Å². The van der Waals surface area contributed by atoms with Gasteiger partial charge in [-0.3, -0.25) is 9.79 Å². The molecule has 1 heterocycles. The number of thiophene rings is 1. The molecule has 0 unspecified atom stereocenters. The number of ether oxygens (including phenoxy) is 1. The Morgan fingerprint density at radius 3 is 2.39 bits per heavy atom. The van der Waals surface area contributed by atoms with Crippen LogP contribution in [0.4, 0.5) is 0 Å². The molecule has 36 heavy (non-hydrogen) atoms. The van der Waals surface area contributed by atoms with Gasteiger partial charge in [-0.05, 0) is 78.7 Å². The summed E-state index contributed by atoms with van der Waals surface area (Å²) in [6, 6.07) is 18.9. The maximum absolute atomic E-state index is 13.6. The van der Waals surface area contributed by atoms with Crippen LogP contribution in [-0.2, 0) is 0 Å². The van der Waals surface area contributed by atoms with Crippen molar-refractivity contribution in [1.82, 2.24) is 0 Å². The summed E-state index contributed by atoms with van der Waals surface area (Å²) in [7, 11) is 0. The number of carbonyl (C=O) groups excluding carboxylic acids is 1. The van der Waals surface area contributed by atoms with Gasteiger partial charge in [-0.25, -0.2) is 0 Å². The lowest BCUT2D eigenvalue weighted by atomic mass is 9.97. The van der Waals surface area contributed by atoms with Gasteiger partial charge in [0.05, 0.1) is 0 Å². The third kappa shape index (κ3) is 6.65. The molecule has 0 fully saturated rings. The Hall–Kier alpha value is -3.35. The fourth-order valence-electron chi connectivity index (χ4n) is 3.88. The third-order valence-electron chi connectivity index (χ3n) is 5.74. The number of phenols is 2. The average molecular weight is 524 g/mol. The number of ketones is 1. The van der Waals surface area contributed by atoms with Crippen molar-refractivity contribution in [3.63, 3.8) is 0 Å². The molecule has 7 heteroatoms. The van der Waals surface area contributed by atoms with E-state index in [0.717, 1.165) is 33.5 Å². The summed E-state index contributed by atoms with van der Waals surface area (Å²) in [5.41, 5.74) is 1.97. The smallest absolute Gasteiger partial charge is 0.195 e. The molecular formula is C29H30ClNO4S. The predicted octanol–water partition coefficient (Wildman–Crippen LogP) is 7.66. The van der Waals surface area contributed by atoms with Crippen LogP contribution in [-0.4, -0.2) is 35.4 Å². The fourth-order valence-corrected chi connectivity index (χ4v) is 5.12. The van der Waals surface area contributed by atoms with Crippen LogP contribution >= 0.6 is 23.7 Å². The van der Waals surface area contributed by atoms with Gasteiger partial charge >= 0.3 is 0 Å². The summed E-state index contributed by atoms with van der Waals surface area (Å²) in [5.74, 6) is 0.890. The monoisotopic (exact) mass is 523 g/mol. The Morgan fingerprint density at radius 2 is 1.67 bits per heavy atom. The van der Waals surface area contributed by atoms with Crippen molar-refractivity contribution in [2.24, 2.45) is 4.99 Å². The molecule has 0 radical (unpaired) electrons. The predicted molar refractivity (Wildman–Crippen MR) is 151 cm³/mol. The first-order valence-electron chi connectivity index (χ1n) is 11.9. The number of unbranched alkanes of at least 4 members (excludes halogenated alkanes) is 3. The van der Waals surface area contributed by atoms with Gasteiger partial charge in [0, 0.05) is 38.8 Å². The fraction of sp³-hybridized carbons (Fsp3) is 0.241. The molecule has 0 atom stereocenters. The Labute approximate surface area is 221 Å². The molecule has 0 amide bonds. The highest BCUT2D eigenvalue weighted by Gasteiger charge is 2.22. The molecule has 0 bridgehead atoms. The number of aromatic hydroxyl groups is 2. The standard InChI is InChI=1S/C29H29NO4S.ClH/c1-2-3-4-5-16-30-17-18-34-24-13-8-20(9-14-24)28(33)27-25-15-12-23(32)19-26(25)35-29(27)21-6-10-22(31)11-7-21;/h6-15,17,19,31-32H,2-5,16,18H2,1H3;1H. The number of benzene rings is 3. The first-order valence-corrected chi connectivity index (χ1v) is 12.7. The molecule has 0 saturated heterocycles. The summed E-state index contributed by atoms with van der Waals surface area (Å²) >= 11 is 1.44. The summed E-state index contributed by atoms with van der Waals surface area (Å²) in [5, 5.41) is 20.4. The maximum Gasteiger partial charge on any atom is 0.195 e. The second kappa shape index (κ2) is 13.1. The largest absolute Gasteiger partial charge is 0.508 e. The van der Waals surface area contributed by atoms with E-state index in [1.807, 2.05) is 0 Å². The zero-order chi connectivity index (χ0) is 24.6. The highest BCUT2D eigenvalue weighted by Crippen LogP contribution is 2.41. The van der Waals surface area contributed by atoms with Crippen molar-refractivity contribution in [1.29, 1.82) is 0 Å². The molecule has 4 aromatic rings. The summed E-state index contributed by atoms with van der Waals surface area (Å²) in [4.78, 5) is 18.8. The van der Waals surface area contributed by atoms with Gasteiger partial charge in [-0.2, -0.15) is 0 Å². The normalized spacial score (nSPS) is 11.0. The van der Waals surface area contributed by atoms with Gasteiger partial charge in [0.15, 0.2) is 5.78 Å². The first kappa shape index (κ1) is 27.2. The highest BCUT2D eigenvalue weighted by atomic mass is 35.5. The second-order valence-electron chi connectivity index (χ2n) is 8.35. The van der Waals surface area contributed by atoms with E-state index < -0.39 is 0 Å². The number of nitrogens with zero attached hydrogens (tertiary/aromatic N) is 1.